The summed E-state index contributed by atoms with van der Waals surface area (Å²) < 4.78 is 4.93. The Bertz CT molecular complexity index is 109. The summed E-state index contributed by atoms with van der Waals surface area (Å²) in [5.74, 6) is 0. The van der Waals surface area contributed by atoms with Crippen molar-refractivity contribution in [1.82, 2.24) is 5.32 Å². The van der Waals surface area contributed by atoms with Crippen LogP contribution in [0.1, 0.15) is 20.8 Å². The molecule has 0 aliphatic rings. The van der Waals surface area contributed by atoms with Crippen molar-refractivity contribution >= 4 is 0 Å². The lowest BCUT2D eigenvalue weighted by Crippen LogP contribution is -2.38. The molecule has 12 heavy (non-hydrogen) atoms. The zero-order chi connectivity index (χ0) is 9.61. The molecule has 0 aromatic carbocycles. The second-order valence-electron chi connectivity index (χ2n) is 3.73. The largest absolute Gasteiger partial charge is 0.375 e. The number of ether oxygens (including phenoxy) is 1. The van der Waals surface area contributed by atoms with E-state index in [-0.39, 0.29) is 12.1 Å². The maximum atomic E-state index is 8.42. The quantitative estimate of drug-likeness (QED) is 0.398. The lowest BCUT2D eigenvalue weighted by molar-refractivity contribution is -0.0942. The molecule has 0 saturated heterocycles. The first-order valence-electron chi connectivity index (χ1n) is 4.11. The minimum atomic E-state index is -1.36. The normalized spacial score (nSPS) is 12.5. The number of aliphatic hydroxyl groups excluding tert-OH is 1. The summed E-state index contributed by atoms with van der Waals surface area (Å²) in [6.07, 6.45) is -1.36. The van der Waals surface area contributed by atoms with E-state index in [1.165, 1.54) is 0 Å². The molecule has 0 fully saturated rings. The van der Waals surface area contributed by atoms with Crippen molar-refractivity contribution in [2.45, 2.75) is 32.6 Å². The molecule has 0 aromatic rings. The molecule has 0 saturated carbocycles. The number of aliphatic hydroxyl groups is 2. The number of nitrogens with one attached hydrogen (secondary N) is 1. The highest BCUT2D eigenvalue weighted by Gasteiger charge is 2.07. The Balaban J connectivity index is 3.12. The predicted molar refractivity (Wildman–Crippen MR) is 46.8 cm³/mol. The lowest BCUT2D eigenvalue weighted by atomic mass is 10.1. The molecule has 74 valence electrons. The van der Waals surface area contributed by atoms with Gasteiger partial charge >= 0.3 is 0 Å². The third kappa shape index (κ3) is 9.84. The van der Waals surface area contributed by atoms with Crippen LogP contribution in [0, 0.1) is 0 Å². The molecule has 3 N–H and O–H groups in total. The summed E-state index contributed by atoms with van der Waals surface area (Å²) in [6.45, 7) is 7.38. The molecule has 0 aromatic heterocycles. The summed E-state index contributed by atoms with van der Waals surface area (Å²) in [5, 5.41) is 20.1. The first kappa shape index (κ1) is 11.8. The fraction of sp³-hybridized carbons (Fsp3) is 1.00. The zero-order valence-corrected chi connectivity index (χ0v) is 8.00. The van der Waals surface area contributed by atoms with E-state index in [4.69, 9.17) is 14.9 Å². The van der Waals surface area contributed by atoms with E-state index in [1.807, 2.05) is 0 Å². The first-order chi connectivity index (χ1) is 5.42. The third-order valence-corrected chi connectivity index (χ3v) is 1.17. The number of hydrogen-bond donors (Lipinski definition) is 3. The van der Waals surface area contributed by atoms with Crippen molar-refractivity contribution in [2.24, 2.45) is 0 Å². The van der Waals surface area contributed by atoms with Gasteiger partial charge in [-0.05, 0) is 20.8 Å². The summed E-state index contributed by atoms with van der Waals surface area (Å²) in [6, 6.07) is 0. The lowest BCUT2D eigenvalue weighted by Gasteiger charge is -2.20. The minimum Gasteiger partial charge on any atom is -0.375 e. The second-order valence-corrected chi connectivity index (χ2v) is 3.73. The van der Waals surface area contributed by atoms with Crippen LogP contribution >= 0.6 is 0 Å². The van der Waals surface area contributed by atoms with Crippen LogP contribution in [0.2, 0.25) is 0 Å². The average Bonchev–Trinajstić information content (AvgIpc) is 1.83. The van der Waals surface area contributed by atoms with Crippen LogP contribution < -0.4 is 5.32 Å². The van der Waals surface area contributed by atoms with E-state index in [0.29, 0.717) is 6.61 Å². The molecule has 4 nitrogen and oxygen atoms in total. The molecule has 0 radical (unpaired) electrons. The Morgan fingerprint density at radius 1 is 1.33 bits per heavy atom. The Morgan fingerprint density at radius 3 is 2.33 bits per heavy atom. The van der Waals surface area contributed by atoms with E-state index in [0.717, 1.165) is 6.54 Å². The maximum Gasteiger partial charge on any atom is 0.175 e. The van der Waals surface area contributed by atoms with Gasteiger partial charge in [-0.25, -0.2) is 0 Å². The molecule has 0 aliphatic carbocycles. The molecule has 0 aliphatic heterocycles. The smallest absolute Gasteiger partial charge is 0.175 e. The highest BCUT2D eigenvalue weighted by atomic mass is 16.5. The topological polar surface area (TPSA) is 61.7 Å². The fourth-order valence-corrected chi connectivity index (χ4v) is 0.687. The van der Waals surface area contributed by atoms with Gasteiger partial charge in [0.2, 0.25) is 0 Å². The van der Waals surface area contributed by atoms with Crippen molar-refractivity contribution in [3.05, 3.63) is 0 Å². The fourth-order valence-electron chi connectivity index (χ4n) is 0.687. The van der Waals surface area contributed by atoms with Gasteiger partial charge in [-0.3, -0.25) is 0 Å². The molecule has 0 unspecified atom stereocenters. The van der Waals surface area contributed by atoms with Crippen LogP contribution in [-0.4, -0.2) is 41.8 Å². The van der Waals surface area contributed by atoms with E-state index in [1.54, 1.807) is 0 Å². The summed E-state index contributed by atoms with van der Waals surface area (Å²) in [5.41, 5.74) is 0.0845. The Kier molecular flexibility index (Phi) is 5.41. The molecule has 0 amide bonds. The van der Waals surface area contributed by atoms with E-state index in [9.17, 15) is 0 Å². The van der Waals surface area contributed by atoms with E-state index >= 15 is 0 Å². The van der Waals surface area contributed by atoms with Gasteiger partial charge in [0.05, 0.1) is 13.2 Å². The predicted octanol–water partition coefficient (Wildman–Crippen LogP) is -0.298. The standard InChI is InChI=1S/C8H19NO3/c1-8(2,3)9-4-5-12-6-7(10)11/h7,9-11H,4-6H2,1-3H3. The van der Waals surface area contributed by atoms with Gasteiger partial charge < -0.3 is 20.3 Å². The van der Waals surface area contributed by atoms with Crippen molar-refractivity contribution in [3.63, 3.8) is 0 Å². The average molecular weight is 177 g/mol. The molecule has 4 heteroatoms. The van der Waals surface area contributed by atoms with Gasteiger partial charge in [0.15, 0.2) is 6.29 Å². The van der Waals surface area contributed by atoms with E-state index in [2.05, 4.69) is 26.1 Å². The van der Waals surface area contributed by atoms with Crippen LogP contribution in [0.5, 0.6) is 0 Å². The Labute approximate surface area is 73.5 Å². The third-order valence-electron chi connectivity index (χ3n) is 1.17. The zero-order valence-electron chi connectivity index (χ0n) is 8.00. The van der Waals surface area contributed by atoms with Gasteiger partial charge in [-0.1, -0.05) is 0 Å². The second kappa shape index (κ2) is 5.48. The first-order valence-corrected chi connectivity index (χ1v) is 4.11. The summed E-state index contributed by atoms with van der Waals surface area (Å²) in [4.78, 5) is 0. The van der Waals surface area contributed by atoms with E-state index < -0.39 is 6.29 Å². The van der Waals surface area contributed by atoms with Gasteiger partial charge in [0, 0.05) is 12.1 Å². The van der Waals surface area contributed by atoms with Crippen molar-refractivity contribution in [3.8, 4) is 0 Å². The van der Waals surface area contributed by atoms with Crippen LogP contribution in [-0.2, 0) is 4.74 Å². The Morgan fingerprint density at radius 2 is 1.92 bits per heavy atom. The molecular formula is C8H19NO3. The van der Waals surface area contributed by atoms with Gasteiger partial charge in [0.1, 0.15) is 0 Å². The van der Waals surface area contributed by atoms with Crippen LogP contribution in [0.15, 0.2) is 0 Å². The molecule has 0 bridgehead atoms. The highest BCUT2D eigenvalue weighted by Crippen LogP contribution is 1.96. The van der Waals surface area contributed by atoms with Crippen molar-refractivity contribution in [1.29, 1.82) is 0 Å². The van der Waals surface area contributed by atoms with Crippen molar-refractivity contribution < 1.29 is 14.9 Å². The molecule has 0 rings (SSSR count). The molecule has 0 spiro atoms. The highest BCUT2D eigenvalue weighted by molar-refractivity contribution is 4.69. The maximum absolute atomic E-state index is 8.42. The van der Waals surface area contributed by atoms with Gasteiger partial charge in [0.25, 0.3) is 0 Å². The monoisotopic (exact) mass is 177 g/mol. The number of hydrogen-bond acceptors (Lipinski definition) is 4. The van der Waals surface area contributed by atoms with Gasteiger partial charge in [-0.15, -0.1) is 0 Å². The summed E-state index contributed by atoms with van der Waals surface area (Å²) in [7, 11) is 0. The molecule has 0 heterocycles. The minimum absolute atomic E-state index is 0.0220. The van der Waals surface area contributed by atoms with Crippen molar-refractivity contribution in [2.75, 3.05) is 19.8 Å². The van der Waals surface area contributed by atoms with Gasteiger partial charge in [-0.2, -0.15) is 0 Å². The van der Waals surface area contributed by atoms with Crippen LogP contribution in [0.3, 0.4) is 0 Å². The van der Waals surface area contributed by atoms with Crippen LogP contribution in [0.25, 0.3) is 0 Å². The Hall–Kier alpha value is -0.160. The summed E-state index contributed by atoms with van der Waals surface area (Å²) >= 11 is 0. The molecule has 0 atom stereocenters. The number of rotatable bonds is 5. The van der Waals surface area contributed by atoms with Crippen LogP contribution in [0.4, 0.5) is 0 Å². The SMILES string of the molecule is CC(C)(C)NCCOCC(O)O. The molecular weight excluding hydrogens is 158 g/mol.